The van der Waals surface area contributed by atoms with Crippen molar-refractivity contribution in [3.8, 4) is 10.6 Å². The van der Waals surface area contributed by atoms with Gasteiger partial charge in [0.25, 0.3) is 0 Å². The molecule has 3 aromatic rings. The molecule has 0 spiro atoms. The number of likely N-dealkylation sites (N-methyl/N-ethyl adjacent to an activating group) is 1. The summed E-state index contributed by atoms with van der Waals surface area (Å²) in [7, 11) is 0. The van der Waals surface area contributed by atoms with Crippen LogP contribution in [0.25, 0.3) is 10.6 Å². The van der Waals surface area contributed by atoms with Crippen molar-refractivity contribution in [2.24, 2.45) is 0 Å². The molecule has 2 aromatic carbocycles. The third-order valence-electron chi connectivity index (χ3n) is 4.18. The van der Waals surface area contributed by atoms with Gasteiger partial charge in [-0.15, -0.1) is 11.3 Å². The number of nitrogens with zero attached hydrogens (tertiary/aromatic N) is 2. The lowest BCUT2D eigenvalue weighted by Gasteiger charge is -2.20. The van der Waals surface area contributed by atoms with Gasteiger partial charge in [0.05, 0.1) is 12.1 Å². The van der Waals surface area contributed by atoms with E-state index >= 15 is 0 Å². The summed E-state index contributed by atoms with van der Waals surface area (Å²) in [6, 6.07) is 15.9. The number of aromatic nitrogens is 1. The van der Waals surface area contributed by atoms with E-state index in [9.17, 15) is 4.79 Å². The molecule has 0 aliphatic heterocycles. The minimum atomic E-state index is 0.0771. The molecule has 1 amide bonds. The molecule has 26 heavy (non-hydrogen) atoms. The number of aryl methyl sites for hydroxylation is 1. The minimum Gasteiger partial charge on any atom is -0.338 e. The molecule has 0 unspecified atom stereocenters. The molecule has 0 fully saturated rings. The standard InChI is InChI=1S/C21H21ClN2OS/c1-3-24(13-16-5-4-6-18(22)11-16)20(25)12-19-14-26-21(23-19)17-9-7-15(2)8-10-17/h4-11,14H,3,12-13H2,1-2H3. The Morgan fingerprint density at radius 3 is 2.65 bits per heavy atom. The fourth-order valence-electron chi connectivity index (χ4n) is 2.72. The van der Waals surface area contributed by atoms with Crippen LogP contribution in [-0.4, -0.2) is 22.3 Å². The molecule has 0 aliphatic rings. The Labute approximate surface area is 163 Å². The zero-order valence-corrected chi connectivity index (χ0v) is 16.5. The number of hydrogen-bond acceptors (Lipinski definition) is 3. The lowest BCUT2D eigenvalue weighted by Crippen LogP contribution is -2.31. The van der Waals surface area contributed by atoms with Crippen LogP contribution in [0.15, 0.2) is 53.9 Å². The molecule has 0 saturated carbocycles. The molecule has 0 atom stereocenters. The first-order chi connectivity index (χ1) is 12.5. The maximum atomic E-state index is 12.7. The van der Waals surface area contributed by atoms with Crippen molar-refractivity contribution in [3.05, 3.63) is 75.8 Å². The van der Waals surface area contributed by atoms with Crippen LogP contribution in [0.1, 0.15) is 23.7 Å². The number of thiazole rings is 1. The van der Waals surface area contributed by atoms with E-state index in [1.165, 1.54) is 5.56 Å². The molecule has 1 aromatic heterocycles. The highest BCUT2D eigenvalue weighted by Gasteiger charge is 2.15. The molecule has 5 heteroatoms. The van der Waals surface area contributed by atoms with Crippen LogP contribution in [0.5, 0.6) is 0 Å². The minimum absolute atomic E-state index is 0.0771. The highest BCUT2D eigenvalue weighted by Crippen LogP contribution is 2.24. The quantitative estimate of drug-likeness (QED) is 0.572. The van der Waals surface area contributed by atoms with Crippen LogP contribution >= 0.6 is 22.9 Å². The fraction of sp³-hybridized carbons (Fsp3) is 0.238. The van der Waals surface area contributed by atoms with Gasteiger partial charge in [0, 0.05) is 29.1 Å². The summed E-state index contributed by atoms with van der Waals surface area (Å²) in [5.41, 5.74) is 4.16. The van der Waals surface area contributed by atoms with Gasteiger partial charge in [0.2, 0.25) is 5.91 Å². The van der Waals surface area contributed by atoms with Gasteiger partial charge in [-0.25, -0.2) is 4.98 Å². The van der Waals surface area contributed by atoms with Crippen molar-refractivity contribution in [2.75, 3.05) is 6.54 Å². The molecular formula is C21H21ClN2OS. The van der Waals surface area contributed by atoms with Crippen molar-refractivity contribution in [2.45, 2.75) is 26.8 Å². The molecule has 3 rings (SSSR count). The monoisotopic (exact) mass is 384 g/mol. The van der Waals surface area contributed by atoms with Crippen LogP contribution in [-0.2, 0) is 17.8 Å². The molecule has 0 saturated heterocycles. The topological polar surface area (TPSA) is 33.2 Å². The molecule has 0 aliphatic carbocycles. The Hall–Kier alpha value is -2.17. The predicted molar refractivity (Wildman–Crippen MR) is 109 cm³/mol. The lowest BCUT2D eigenvalue weighted by molar-refractivity contribution is -0.130. The van der Waals surface area contributed by atoms with Gasteiger partial charge in [-0.1, -0.05) is 53.6 Å². The highest BCUT2D eigenvalue weighted by atomic mass is 35.5. The molecule has 0 bridgehead atoms. The third-order valence-corrected chi connectivity index (χ3v) is 5.35. The number of halogens is 1. The zero-order valence-electron chi connectivity index (χ0n) is 14.9. The smallest absolute Gasteiger partial charge is 0.228 e. The maximum absolute atomic E-state index is 12.7. The number of amides is 1. The molecule has 1 heterocycles. The van der Waals surface area contributed by atoms with Crippen molar-refractivity contribution < 1.29 is 4.79 Å². The average Bonchev–Trinajstić information content (AvgIpc) is 3.08. The first-order valence-electron chi connectivity index (χ1n) is 8.59. The molecular weight excluding hydrogens is 364 g/mol. The maximum Gasteiger partial charge on any atom is 0.228 e. The second-order valence-corrected chi connectivity index (χ2v) is 7.52. The lowest BCUT2D eigenvalue weighted by atomic mass is 10.1. The van der Waals surface area contributed by atoms with Gasteiger partial charge in [-0.3, -0.25) is 4.79 Å². The normalized spacial score (nSPS) is 10.7. The van der Waals surface area contributed by atoms with Crippen LogP contribution in [0.2, 0.25) is 5.02 Å². The van der Waals surface area contributed by atoms with Crippen molar-refractivity contribution in [1.29, 1.82) is 0 Å². The molecule has 134 valence electrons. The average molecular weight is 385 g/mol. The van der Waals surface area contributed by atoms with Gasteiger partial charge in [0.15, 0.2) is 0 Å². The van der Waals surface area contributed by atoms with Gasteiger partial charge in [-0.2, -0.15) is 0 Å². The second-order valence-electron chi connectivity index (χ2n) is 6.22. The predicted octanol–water partition coefficient (Wildman–Crippen LogP) is 5.36. The number of benzene rings is 2. The van der Waals surface area contributed by atoms with E-state index in [1.807, 2.05) is 41.5 Å². The van der Waals surface area contributed by atoms with E-state index < -0.39 is 0 Å². The summed E-state index contributed by atoms with van der Waals surface area (Å²) in [5.74, 6) is 0.0771. The van der Waals surface area contributed by atoms with Crippen LogP contribution < -0.4 is 0 Å². The van der Waals surface area contributed by atoms with E-state index in [4.69, 9.17) is 11.6 Å². The van der Waals surface area contributed by atoms with Crippen molar-refractivity contribution in [1.82, 2.24) is 9.88 Å². The summed E-state index contributed by atoms with van der Waals surface area (Å²) in [4.78, 5) is 19.1. The van der Waals surface area contributed by atoms with Gasteiger partial charge < -0.3 is 4.90 Å². The van der Waals surface area contributed by atoms with Crippen molar-refractivity contribution in [3.63, 3.8) is 0 Å². The van der Waals surface area contributed by atoms with Crippen LogP contribution in [0.4, 0.5) is 0 Å². The van der Waals surface area contributed by atoms with E-state index in [2.05, 4.69) is 36.2 Å². The Morgan fingerprint density at radius 1 is 1.19 bits per heavy atom. The van der Waals surface area contributed by atoms with E-state index in [1.54, 1.807) is 11.3 Å². The Kier molecular flexibility index (Phi) is 6.07. The largest absolute Gasteiger partial charge is 0.338 e. The van der Waals surface area contributed by atoms with Gasteiger partial charge in [0.1, 0.15) is 5.01 Å². The third kappa shape index (κ3) is 4.71. The second kappa shape index (κ2) is 8.47. The summed E-state index contributed by atoms with van der Waals surface area (Å²) < 4.78 is 0. The summed E-state index contributed by atoms with van der Waals surface area (Å²) >= 11 is 7.62. The fourth-order valence-corrected chi connectivity index (χ4v) is 3.75. The number of rotatable bonds is 6. The summed E-state index contributed by atoms with van der Waals surface area (Å²) in [6.45, 7) is 5.27. The summed E-state index contributed by atoms with van der Waals surface area (Å²) in [6.07, 6.45) is 0.316. The zero-order chi connectivity index (χ0) is 18.5. The molecule has 3 nitrogen and oxygen atoms in total. The number of carbonyl (C=O) groups excluding carboxylic acids is 1. The van der Waals surface area contributed by atoms with E-state index in [0.717, 1.165) is 21.8 Å². The molecule has 0 radical (unpaired) electrons. The van der Waals surface area contributed by atoms with Crippen molar-refractivity contribution >= 4 is 28.8 Å². The number of hydrogen-bond donors (Lipinski definition) is 0. The SMILES string of the molecule is CCN(Cc1cccc(Cl)c1)C(=O)Cc1csc(-c2ccc(C)cc2)n1. The first-order valence-corrected chi connectivity index (χ1v) is 9.84. The summed E-state index contributed by atoms with van der Waals surface area (Å²) in [5, 5.41) is 3.61. The Balaban J connectivity index is 1.67. The molecule has 0 N–H and O–H groups in total. The Bertz CT molecular complexity index is 889. The Morgan fingerprint density at radius 2 is 1.96 bits per heavy atom. The number of carbonyl (C=O) groups is 1. The first kappa shape index (κ1) is 18.6. The van der Waals surface area contributed by atoms with E-state index in [0.29, 0.717) is 24.5 Å². The van der Waals surface area contributed by atoms with Crippen LogP contribution in [0.3, 0.4) is 0 Å². The van der Waals surface area contributed by atoms with Gasteiger partial charge >= 0.3 is 0 Å². The van der Waals surface area contributed by atoms with Crippen LogP contribution in [0, 0.1) is 6.92 Å². The van der Waals surface area contributed by atoms with E-state index in [-0.39, 0.29) is 5.91 Å². The highest BCUT2D eigenvalue weighted by molar-refractivity contribution is 7.13. The van der Waals surface area contributed by atoms with Gasteiger partial charge in [-0.05, 0) is 31.5 Å².